The third kappa shape index (κ3) is 5.75. The lowest BCUT2D eigenvalue weighted by molar-refractivity contribution is -0.274. The Bertz CT molecular complexity index is 1140. The summed E-state index contributed by atoms with van der Waals surface area (Å²) in [6, 6.07) is 9.14. The van der Waals surface area contributed by atoms with E-state index in [0.717, 1.165) is 35.1 Å². The van der Waals surface area contributed by atoms with Crippen molar-refractivity contribution >= 4 is 5.91 Å². The van der Waals surface area contributed by atoms with E-state index in [1.54, 1.807) is 0 Å². The number of nitrogens with zero attached hydrogens (tertiary/aromatic N) is 2. The summed E-state index contributed by atoms with van der Waals surface area (Å²) >= 11 is 0. The summed E-state index contributed by atoms with van der Waals surface area (Å²) in [6.07, 6.45) is -2.41. The van der Waals surface area contributed by atoms with Gasteiger partial charge in [0.15, 0.2) is 0 Å². The van der Waals surface area contributed by atoms with Gasteiger partial charge in [-0.05, 0) is 36.4 Å². The maximum absolute atomic E-state index is 14.6. The van der Waals surface area contributed by atoms with Crippen molar-refractivity contribution in [2.45, 2.75) is 6.36 Å². The summed E-state index contributed by atoms with van der Waals surface area (Å²) in [4.78, 5) is 16.4. The average molecular weight is 438 g/mol. The van der Waals surface area contributed by atoms with Crippen LogP contribution in [-0.2, 0) is 0 Å². The molecule has 0 aliphatic rings. The Morgan fingerprint density at radius 1 is 1.00 bits per heavy atom. The maximum atomic E-state index is 14.6. The van der Waals surface area contributed by atoms with E-state index in [4.69, 9.17) is 9.47 Å². The van der Waals surface area contributed by atoms with E-state index in [0.29, 0.717) is 0 Å². The highest BCUT2D eigenvalue weighted by Crippen LogP contribution is 2.33. The minimum absolute atomic E-state index is 0.0114. The maximum Gasteiger partial charge on any atom is 0.573 e. The molecule has 0 saturated carbocycles. The molecule has 0 spiro atoms. The molecule has 1 heterocycles. The molecule has 0 unspecified atom stereocenters. The first-order chi connectivity index (χ1) is 14.6. The number of carbonyl (C=O) groups is 1. The molecule has 2 aromatic carbocycles. The molecular weight excluding hydrogens is 424 g/mol. The second-order valence-corrected chi connectivity index (χ2v) is 5.96. The molecule has 0 aliphatic heterocycles. The fourth-order valence-corrected chi connectivity index (χ4v) is 2.46. The van der Waals surface area contributed by atoms with Crippen molar-refractivity contribution in [1.82, 2.24) is 4.73 Å². The number of carbonyl (C=O) groups excluding carboxylic acids is 1. The van der Waals surface area contributed by atoms with Crippen LogP contribution in [0.2, 0.25) is 0 Å². The highest BCUT2D eigenvalue weighted by molar-refractivity contribution is 5.98. The zero-order valence-corrected chi connectivity index (χ0v) is 15.8. The van der Waals surface area contributed by atoms with Gasteiger partial charge in [-0.2, -0.15) is 0 Å². The number of rotatable bonds is 5. The third-order valence-corrected chi connectivity index (χ3v) is 3.79. The average Bonchev–Trinajstić information content (AvgIpc) is 2.69. The first-order valence-electron chi connectivity index (χ1n) is 8.52. The number of pyridine rings is 1. The normalized spacial score (nSPS) is 11.0. The molecule has 0 atom stereocenters. The second kappa shape index (κ2) is 8.78. The van der Waals surface area contributed by atoms with Gasteiger partial charge in [-0.3, -0.25) is 4.79 Å². The summed E-state index contributed by atoms with van der Waals surface area (Å²) < 4.78 is 66.5. The van der Waals surface area contributed by atoms with Gasteiger partial charge in [0, 0.05) is 24.5 Å². The summed E-state index contributed by atoms with van der Waals surface area (Å²) in [5.41, 5.74) is -0.517. The lowest BCUT2D eigenvalue weighted by atomic mass is 10.1. The van der Waals surface area contributed by atoms with Crippen LogP contribution in [0.5, 0.6) is 23.0 Å². The van der Waals surface area contributed by atoms with Gasteiger partial charge in [0.05, 0.1) is 12.5 Å². The predicted molar refractivity (Wildman–Crippen MR) is 97.7 cm³/mol. The smallest absolute Gasteiger partial charge is 0.497 e. The lowest BCUT2D eigenvalue weighted by Crippen LogP contribution is -2.16. The standard InChI is InChI=1S/C20H14F4N2O5/c1-29-15-10-16(21)18(19(27)25-12-6-8-26(28)9-7-12)17(11-15)30-13-2-4-14(5-3-13)31-20(22,23)24/h2-11,28H,1H3. The summed E-state index contributed by atoms with van der Waals surface area (Å²) in [5, 5.41) is 9.37. The number of aromatic nitrogens is 1. The minimum atomic E-state index is -4.86. The molecule has 31 heavy (non-hydrogen) atoms. The van der Waals surface area contributed by atoms with Crippen molar-refractivity contribution in [2.24, 2.45) is 4.99 Å². The molecule has 1 N–H and O–H groups in total. The fourth-order valence-electron chi connectivity index (χ4n) is 2.46. The molecule has 3 aromatic rings. The Labute approximate surface area is 172 Å². The van der Waals surface area contributed by atoms with Gasteiger partial charge < -0.3 is 19.4 Å². The van der Waals surface area contributed by atoms with Crippen molar-refractivity contribution in [1.29, 1.82) is 0 Å². The molecule has 7 nitrogen and oxygen atoms in total. The van der Waals surface area contributed by atoms with E-state index in [1.165, 1.54) is 37.7 Å². The Hall–Kier alpha value is -4.02. The molecule has 0 bridgehead atoms. The Balaban J connectivity index is 1.95. The van der Waals surface area contributed by atoms with E-state index >= 15 is 0 Å². The van der Waals surface area contributed by atoms with E-state index in [2.05, 4.69) is 9.73 Å². The Morgan fingerprint density at radius 2 is 1.61 bits per heavy atom. The van der Waals surface area contributed by atoms with Gasteiger partial charge in [-0.1, -0.05) is 0 Å². The topological polar surface area (TPSA) is 82.3 Å². The highest BCUT2D eigenvalue weighted by Gasteiger charge is 2.31. The minimum Gasteiger partial charge on any atom is -0.497 e. The molecule has 162 valence electrons. The van der Waals surface area contributed by atoms with E-state index < -0.39 is 29.4 Å². The Morgan fingerprint density at radius 3 is 2.19 bits per heavy atom. The summed E-state index contributed by atoms with van der Waals surface area (Å²) in [5.74, 6) is -2.65. The molecule has 1 amide bonds. The number of halogens is 4. The number of methoxy groups -OCH3 is 1. The number of amides is 1. The van der Waals surface area contributed by atoms with Crippen molar-refractivity contribution in [2.75, 3.05) is 7.11 Å². The Kier molecular flexibility index (Phi) is 6.14. The SMILES string of the molecule is COc1cc(F)c(C(=O)N=c2ccn(O)cc2)c(Oc2ccc(OC(F)(F)F)cc2)c1. The summed E-state index contributed by atoms with van der Waals surface area (Å²) in [7, 11) is 1.28. The zero-order chi connectivity index (χ0) is 22.6. The second-order valence-electron chi connectivity index (χ2n) is 5.96. The zero-order valence-electron chi connectivity index (χ0n) is 15.8. The lowest BCUT2D eigenvalue weighted by Gasteiger charge is -2.13. The van der Waals surface area contributed by atoms with Crippen LogP contribution in [0.25, 0.3) is 0 Å². The van der Waals surface area contributed by atoms with Gasteiger partial charge in [0.25, 0.3) is 5.91 Å². The van der Waals surface area contributed by atoms with E-state index in [-0.39, 0.29) is 22.6 Å². The number of benzene rings is 2. The molecule has 11 heteroatoms. The largest absolute Gasteiger partial charge is 0.573 e. The number of alkyl halides is 3. The number of ether oxygens (including phenoxy) is 3. The van der Waals surface area contributed by atoms with Crippen molar-refractivity contribution in [3.8, 4) is 23.0 Å². The van der Waals surface area contributed by atoms with Crippen LogP contribution in [0.3, 0.4) is 0 Å². The quantitative estimate of drug-likeness (QED) is 0.474. The van der Waals surface area contributed by atoms with Gasteiger partial charge >= 0.3 is 6.36 Å². The van der Waals surface area contributed by atoms with E-state index in [1.807, 2.05) is 0 Å². The van der Waals surface area contributed by atoms with Crippen molar-refractivity contribution in [3.05, 3.63) is 77.7 Å². The van der Waals surface area contributed by atoms with Crippen LogP contribution >= 0.6 is 0 Å². The van der Waals surface area contributed by atoms with Crippen molar-refractivity contribution < 1.29 is 41.8 Å². The first-order valence-corrected chi connectivity index (χ1v) is 8.52. The van der Waals surface area contributed by atoms with Crippen LogP contribution in [0.15, 0.2) is 65.9 Å². The number of hydrogen-bond donors (Lipinski definition) is 1. The van der Waals surface area contributed by atoms with Crippen LogP contribution in [0.4, 0.5) is 17.6 Å². The highest BCUT2D eigenvalue weighted by atomic mass is 19.4. The van der Waals surface area contributed by atoms with Gasteiger partial charge in [-0.15, -0.1) is 13.2 Å². The summed E-state index contributed by atoms with van der Waals surface area (Å²) in [6.45, 7) is 0. The van der Waals surface area contributed by atoms with Gasteiger partial charge in [0.2, 0.25) is 0 Å². The van der Waals surface area contributed by atoms with E-state index in [9.17, 15) is 27.6 Å². The van der Waals surface area contributed by atoms with Crippen LogP contribution in [0, 0.1) is 5.82 Å². The molecule has 1 aromatic heterocycles. The van der Waals surface area contributed by atoms with Crippen LogP contribution in [0.1, 0.15) is 10.4 Å². The van der Waals surface area contributed by atoms with Crippen LogP contribution in [-0.4, -0.2) is 29.3 Å². The van der Waals surface area contributed by atoms with Gasteiger partial charge in [0.1, 0.15) is 34.4 Å². The first kappa shape index (κ1) is 21.7. The molecule has 0 radical (unpaired) electrons. The fraction of sp³-hybridized carbons (Fsp3) is 0.100. The van der Waals surface area contributed by atoms with Gasteiger partial charge in [-0.25, -0.2) is 14.1 Å². The predicted octanol–water partition coefficient (Wildman–Crippen LogP) is 4.31. The monoisotopic (exact) mass is 438 g/mol. The van der Waals surface area contributed by atoms with Crippen molar-refractivity contribution in [3.63, 3.8) is 0 Å². The van der Waals surface area contributed by atoms with Crippen LogP contribution < -0.4 is 19.6 Å². The number of hydrogen-bond acceptors (Lipinski definition) is 5. The molecule has 3 rings (SSSR count). The third-order valence-electron chi connectivity index (χ3n) is 3.79. The molecule has 0 saturated heterocycles. The molecular formula is C20H14F4N2O5. The molecule has 0 fully saturated rings. The molecule has 0 aliphatic carbocycles.